The molecule has 23 heavy (non-hydrogen) atoms. The van der Waals surface area contributed by atoms with Crippen LogP contribution in [-0.2, 0) is 4.74 Å². The number of nitrogens with zero attached hydrogens (tertiary/aromatic N) is 5. The molecule has 0 radical (unpaired) electrons. The number of rotatable bonds is 6. The molecule has 0 amide bonds. The van der Waals surface area contributed by atoms with Gasteiger partial charge >= 0.3 is 17.4 Å². The van der Waals surface area contributed by atoms with Gasteiger partial charge in [0.15, 0.2) is 0 Å². The summed E-state index contributed by atoms with van der Waals surface area (Å²) in [4.78, 5) is 22.8. The van der Waals surface area contributed by atoms with Crippen molar-refractivity contribution in [3.05, 3.63) is 10.1 Å². The largest absolute Gasteiger partial charge is 0.476 e. The minimum absolute atomic E-state index is 0.00883. The van der Waals surface area contributed by atoms with Gasteiger partial charge in [-0.2, -0.15) is 9.97 Å². The Labute approximate surface area is 134 Å². The number of morpholine rings is 1. The van der Waals surface area contributed by atoms with E-state index in [0.717, 1.165) is 6.54 Å². The molecule has 10 nitrogen and oxygen atoms in total. The van der Waals surface area contributed by atoms with Crippen LogP contribution in [0.4, 0.5) is 11.6 Å². The Morgan fingerprint density at radius 3 is 2.43 bits per heavy atom. The highest BCUT2D eigenvalue weighted by atomic mass is 16.6. The van der Waals surface area contributed by atoms with Crippen LogP contribution in [0.15, 0.2) is 0 Å². The Balaban J connectivity index is 2.30. The van der Waals surface area contributed by atoms with Crippen molar-refractivity contribution in [2.75, 3.05) is 59.5 Å². The van der Waals surface area contributed by atoms with Crippen LogP contribution < -0.4 is 14.4 Å². The van der Waals surface area contributed by atoms with Crippen LogP contribution in [0.25, 0.3) is 0 Å². The summed E-state index contributed by atoms with van der Waals surface area (Å²) in [6, 6.07) is 0. The lowest BCUT2D eigenvalue weighted by Crippen LogP contribution is -2.47. The van der Waals surface area contributed by atoms with E-state index in [2.05, 4.69) is 9.97 Å². The standard InChI is InChI=1S/C13H21N5O5/c1-16(2)7-9-8-17(5-6-23-9)13-14-11(21-3)10(18(19)20)12(15-13)22-4/h9H,5-8H2,1-4H3. The smallest absolute Gasteiger partial charge is 0.392 e. The summed E-state index contributed by atoms with van der Waals surface area (Å²) in [6.45, 7) is 2.47. The number of ether oxygens (including phenoxy) is 3. The number of anilines is 1. The van der Waals surface area contributed by atoms with Gasteiger partial charge in [-0.15, -0.1) is 0 Å². The van der Waals surface area contributed by atoms with Crippen LogP contribution in [0.2, 0.25) is 0 Å². The second-order valence-electron chi connectivity index (χ2n) is 5.35. The summed E-state index contributed by atoms with van der Waals surface area (Å²) < 4.78 is 15.8. The van der Waals surface area contributed by atoms with E-state index in [1.165, 1.54) is 14.2 Å². The summed E-state index contributed by atoms with van der Waals surface area (Å²) in [6.07, 6.45) is 0.00883. The van der Waals surface area contributed by atoms with Gasteiger partial charge in [-0.3, -0.25) is 10.1 Å². The lowest BCUT2D eigenvalue weighted by Gasteiger charge is -2.34. The van der Waals surface area contributed by atoms with Crippen LogP contribution >= 0.6 is 0 Å². The molecular formula is C13H21N5O5. The second-order valence-corrected chi connectivity index (χ2v) is 5.35. The van der Waals surface area contributed by atoms with E-state index >= 15 is 0 Å². The summed E-state index contributed by atoms with van der Waals surface area (Å²) in [5.41, 5.74) is -0.378. The Morgan fingerprint density at radius 1 is 1.35 bits per heavy atom. The zero-order valence-corrected chi connectivity index (χ0v) is 13.7. The highest BCUT2D eigenvalue weighted by Gasteiger charge is 2.30. The van der Waals surface area contributed by atoms with Gasteiger partial charge in [0, 0.05) is 19.6 Å². The molecule has 1 aromatic rings. The minimum atomic E-state index is -0.615. The molecule has 0 aromatic carbocycles. The third-order valence-electron chi connectivity index (χ3n) is 3.37. The van der Waals surface area contributed by atoms with Gasteiger partial charge in [0.05, 0.1) is 31.9 Å². The Kier molecular flexibility index (Phi) is 5.50. The van der Waals surface area contributed by atoms with E-state index in [1.54, 1.807) is 0 Å². The maximum atomic E-state index is 11.1. The van der Waals surface area contributed by atoms with Crippen LogP contribution in [0.3, 0.4) is 0 Å². The number of nitro groups is 1. The van der Waals surface area contributed by atoms with E-state index < -0.39 is 4.92 Å². The van der Waals surface area contributed by atoms with Gasteiger partial charge in [-0.05, 0) is 14.1 Å². The van der Waals surface area contributed by atoms with Crippen molar-refractivity contribution in [3.63, 3.8) is 0 Å². The number of likely N-dealkylation sites (N-methyl/N-ethyl adjacent to an activating group) is 1. The molecule has 1 aromatic heterocycles. The van der Waals surface area contributed by atoms with Crippen molar-refractivity contribution in [1.82, 2.24) is 14.9 Å². The maximum absolute atomic E-state index is 11.1. The van der Waals surface area contributed by atoms with E-state index in [-0.39, 0.29) is 23.6 Å². The SMILES string of the molecule is COc1nc(N2CCOC(CN(C)C)C2)nc(OC)c1[N+](=O)[O-]. The van der Waals surface area contributed by atoms with E-state index in [9.17, 15) is 10.1 Å². The molecule has 1 saturated heterocycles. The van der Waals surface area contributed by atoms with Crippen molar-refractivity contribution >= 4 is 11.6 Å². The fourth-order valence-corrected chi connectivity index (χ4v) is 2.40. The molecule has 2 rings (SSSR count). The Bertz CT molecular complexity index is 543. The second kappa shape index (κ2) is 7.38. The average Bonchev–Trinajstić information content (AvgIpc) is 2.52. The third kappa shape index (κ3) is 3.96. The topological polar surface area (TPSA) is 103 Å². The van der Waals surface area contributed by atoms with Gasteiger partial charge in [0.2, 0.25) is 5.95 Å². The minimum Gasteiger partial charge on any atom is -0.476 e. The number of methoxy groups -OCH3 is 2. The summed E-state index contributed by atoms with van der Waals surface area (Å²) in [7, 11) is 6.59. The van der Waals surface area contributed by atoms with E-state index in [4.69, 9.17) is 14.2 Å². The van der Waals surface area contributed by atoms with Gasteiger partial charge in [-0.1, -0.05) is 0 Å². The predicted octanol–water partition coefficient (Wildman–Crippen LogP) is 0.169. The molecule has 1 atom stereocenters. The Hall–Kier alpha value is -2.20. The first kappa shape index (κ1) is 17.2. The monoisotopic (exact) mass is 327 g/mol. The molecular weight excluding hydrogens is 306 g/mol. The average molecular weight is 327 g/mol. The van der Waals surface area contributed by atoms with Crippen molar-refractivity contribution in [1.29, 1.82) is 0 Å². The quantitative estimate of drug-likeness (QED) is 0.534. The van der Waals surface area contributed by atoms with Crippen LogP contribution in [0, 0.1) is 10.1 Å². The zero-order chi connectivity index (χ0) is 17.0. The van der Waals surface area contributed by atoms with Gasteiger partial charge in [-0.25, -0.2) is 0 Å². The summed E-state index contributed by atoms with van der Waals surface area (Å²) >= 11 is 0. The van der Waals surface area contributed by atoms with Crippen LogP contribution in [-0.4, -0.2) is 80.5 Å². The number of aromatic nitrogens is 2. The molecule has 0 aliphatic carbocycles. The van der Waals surface area contributed by atoms with Crippen LogP contribution in [0.1, 0.15) is 0 Å². The fourth-order valence-electron chi connectivity index (χ4n) is 2.40. The highest BCUT2D eigenvalue weighted by molar-refractivity contribution is 5.54. The highest BCUT2D eigenvalue weighted by Crippen LogP contribution is 2.35. The first-order valence-electron chi connectivity index (χ1n) is 7.12. The molecule has 10 heteroatoms. The van der Waals surface area contributed by atoms with Gasteiger partial charge in [0.1, 0.15) is 0 Å². The lowest BCUT2D eigenvalue weighted by atomic mass is 10.2. The molecule has 1 aliphatic rings. The van der Waals surface area contributed by atoms with E-state index in [0.29, 0.717) is 25.6 Å². The van der Waals surface area contributed by atoms with Gasteiger partial charge < -0.3 is 24.0 Å². The molecule has 1 unspecified atom stereocenters. The van der Waals surface area contributed by atoms with Crippen molar-refractivity contribution in [3.8, 4) is 11.8 Å². The number of hydrogen-bond acceptors (Lipinski definition) is 9. The Morgan fingerprint density at radius 2 is 1.96 bits per heavy atom. The van der Waals surface area contributed by atoms with Crippen LogP contribution in [0.5, 0.6) is 11.8 Å². The third-order valence-corrected chi connectivity index (χ3v) is 3.37. The summed E-state index contributed by atoms with van der Waals surface area (Å²) in [5, 5.41) is 11.1. The lowest BCUT2D eigenvalue weighted by molar-refractivity contribution is -0.387. The summed E-state index contributed by atoms with van der Waals surface area (Å²) in [5.74, 6) is 0.0939. The molecule has 1 aliphatic heterocycles. The van der Waals surface area contributed by atoms with Crippen molar-refractivity contribution in [2.45, 2.75) is 6.10 Å². The van der Waals surface area contributed by atoms with Gasteiger partial charge in [0.25, 0.3) is 0 Å². The maximum Gasteiger partial charge on any atom is 0.392 e. The molecule has 2 heterocycles. The molecule has 0 N–H and O–H groups in total. The fraction of sp³-hybridized carbons (Fsp3) is 0.692. The molecule has 0 spiro atoms. The first-order valence-corrected chi connectivity index (χ1v) is 7.12. The van der Waals surface area contributed by atoms with E-state index in [1.807, 2.05) is 23.9 Å². The molecule has 128 valence electrons. The van der Waals surface area contributed by atoms with Crippen molar-refractivity contribution < 1.29 is 19.1 Å². The molecule has 0 bridgehead atoms. The normalized spacial score (nSPS) is 18.1. The number of hydrogen-bond donors (Lipinski definition) is 0. The predicted molar refractivity (Wildman–Crippen MR) is 82.3 cm³/mol. The molecule has 0 saturated carbocycles. The zero-order valence-electron chi connectivity index (χ0n) is 13.7. The first-order chi connectivity index (χ1) is 11.0. The van der Waals surface area contributed by atoms with Crippen molar-refractivity contribution in [2.24, 2.45) is 0 Å². The molecule has 1 fully saturated rings.